The van der Waals surface area contributed by atoms with Crippen LogP contribution in [0.2, 0.25) is 0 Å². The molecule has 0 saturated heterocycles. The summed E-state index contributed by atoms with van der Waals surface area (Å²) in [4.78, 5) is 14.7. The molecule has 0 fully saturated rings. The Morgan fingerprint density at radius 3 is 2.26 bits per heavy atom. The molecule has 0 amide bonds. The SMILES string of the molecule is O=C(O)CCCCCCCCCc1ccc(Br)cn1. The van der Waals surface area contributed by atoms with E-state index in [0.717, 1.165) is 35.8 Å². The van der Waals surface area contributed by atoms with Crippen molar-refractivity contribution < 1.29 is 9.90 Å². The largest absolute Gasteiger partial charge is 0.481 e. The van der Waals surface area contributed by atoms with Gasteiger partial charge in [-0.25, -0.2) is 0 Å². The molecular weight excluding hydrogens is 306 g/mol. The molecule has 0 saturated carbocycles. The summed E-state index contributed by atoms with van der Waals surface area (Å²) in [7, 11) is 0. The minimum atomic E-state index is -0.679. The van der Waals surface area contributed by atoms with Crippen LogP contribution < -0.4 is 0 Å². The van der Waals surface area contributed by atoms with Gasteiger partial charge in [0.05, 0.1) is 0 Å². The Balaban J connectivity index is 1.91. The average Bonchev–Trinajstić information content (AvgIpc) is 2.38. The Hall–Kier alpha value is -0.900. The standard InChI is InChI=1S/C15H22BrNO2/c16-13-10-11-14(17-12-13)8-6-4-2-1-3-5-7-9-15(18)19/h10-12H,1-9H2,(H,18,19). The van der Waals surface area contributed by atoms with Crippen LogP contribution in [-0.4, -0.2) is 16.1 Å². The van der Waals surface area contributed by atoms with E-state index in [0.29, 0.717) is 6.42 Å². The van der Waals surface area contributed by atoms with E-state index >= 15 is 0 Å². The number of nitrogens with zero attached hydrogens (tertiary/aromatic N) is 1. The van der Waals surface area contributed by atoms with Crippen LogP contribution in [-0.2, 0) is 11.2 Å². The molecule has 0 aliphatic heterocycles. The lowest BCUT2D eigenvalue weighted by atomic mass is 10.1. The number of aliphatic carboxylic acids is 1. The van der Waals surface area contributed by atoms with Gasteiger partial charge in [-0.15, -0.1) is 0 Å². The summed E-state index contributed by atoms with van der Waals surface area (Å²) in [6, 6.07) is 4.10. The van der Waals surface area contributed by atoms with E-state index in [1.54, 1.807) is 0 Å². The molecule has 0 spiro atoms. The minimum absolute atomic E-state index is 0.315. The quantitative estimate of drug-likeness (QED) is 0.639. The van der Waals surface area contributed by atoms with Crippen LogP contribution in [0.1, 0.15) is 57.1 Å². The van der Waals surface area contributed by atoms with Gasteiger partial charge < -0.3 is 5.11 Å². The van der Waals surface area contributed by atoms with Gasteiger partial charge in [-0.2, -0.15) is 0 Å². The van der Waals surface area contributed by atoms with Gasteiger partial charge >= 0.3 is 5.97 Å². The second-order valence-electron chi connectivity index (χ2n) is 4.84. The van der Waals surface area contributed by atoms with E-state index in [2.05, 4.69) is 27.0 Å². The number of carbonyl (C=O) groups is 1. The van der Waals surface area contributed by atoms with Crippen molar-refractivity contribution in [2.45, 2.75) is 57.8 Å². The highest BCUT2D eigenvalue weighted by atomic mass is 79.9. The summed E-state index contributed by atoms with van der Waals surface area (Å²) in [6.45, 7) is 0. The van der Waals surface area contributed by atoms with E-state index in [1.165, 1.54) is 25.7 Å². The Bertz CT molecular complexity index is 365. The minimum Gasteiger partial charge on any atom is -0.481 e. The van der Waals surface area contributed by atoms with Crippen molar-refractivity contribution in [2.24, 2.45) is 0 Å². The van der Waals surface area contributed by atoms with Crippen molar-refractivity contribution in [3.63, 3.8) is 0 Å². The Kier molecular flexibility index (Phi) is 8.47. The topological polar surface area (TPSA) is 50.2 Å². The highest BCUT2D eigenvalue weighted by Gasteiger charge is 1.98. The molecule has 0 atom stereocenters. The highest BCUT2D eigenvalue weighted by Crippen LogP contribution is 2.12. The van der Waals surface area contributed by atoms with Gasteiger partial charge in [-0.1, -0.05) is 32.1 Å². The fourth-order valence-corrected chi connectivity index (χ4v) is 2.26. The molecule has 0 radical (unpaired) electrons. The lowest BCUT2D eigenvalue weighted by molar-refractivity contribution is -0.137. The number of halogens is 1. The fourth-order valence-electron chi connectivity index (χ4n) is 2.02. The smallest absolute Gasteiger partial charge is 0.303 e. The first-order valence-electron chi connectivity index (χ1n) is 7.00. The zero-order chi connectivity index (χ0) is 13.9. The zero-order valence-electron chi connectivity index (χ0n) is 11.3. The summed E-state index contributed by atoms with van der Waals surface area (Å²) >= 11 is 3.38. The molecule has 1 aromatic heterocycles. The molecule has 106 valence electrons. The molecule has 0 unspecified atom stereocenters. The number of carboxylic acid groups (broad SMARTS) is 1. The first kappa shape index (κ1) is 16.2. The average molecular weight is 328 g/mol. The first-order valence-corrected chi connectivity index (χ1v) is 7.80. The van der Waals surface area contributed by atoms with Crippen molar-refractivity contribution in [3.8, 4) is 0 Å². The van der Waals surface area contributed by atoms with Crippen molar-refractivity contribution >= 4 is 21.9 Å². The number of hydrogen-bond acceptors (Lipinski definition) is 2. The zero-order valence-corrected chi connectivity index (χ0v) is 12.9. The van der Waals surface area contributed by atoms with E-state index in [9.17, 15) is 4.79 Å². The van der Waals surface area contributed by atoms with Gasteiger partial charge in [-0.05, 0) is 47.3 Å². The number of unbranched alkanes of at least 4 members (excludes halogenated alkanes) is 6. The third kappa shape index (κ3) is 8.76. The number of aryl methyl sites for hydroxylation is 1. The number of rotatable bonds is 10. The Morgan fingerprint density at radius 1 is 1.05 bits per heavy atom. The molecule has 0 bridgehead atoms. The van der Waals surface area contributed by atoms with Crippen molar-refractivity contribution in [1.29, 1.82) is 0 Å². The van der Waals surface area contributed by atoms with Crippen LogP contribution in [0.5, 0.6) is 0 Å². The van der Waals surface area contributed by atoms with Crippen molar-refractivity contribution in [2.75, 3.05) is 0 Å². The predicted molar refractivity (Wildman–Crippen MR) is 80.2 cm³/mol. The van der Waals surface area contributed by atoms with Crippen molar-refractivity contribution in [1.82, 2.24) is 4.98 Å². The summed E-state index contributed by atoms with van der Waals surface area (Å²) in [6.07, 6.45) is 11.1. The van der Waals surface area contributed by atoms with Crippen molar-refractivity contribution in [3.05, 3.63) is 28.5 Å². The number of pyridine rings is 1. The summed E-state index contributed by atoms with van der Waals surface area (Å²) in [5, 5.41) is 8.50. The first-order chi connectivity index (χ1) is 9.18. The Labute approximate surface area is 123 Å². The van der Waals surface area contributed by atoms with E-state index < -0.39 is 5.97 Å². The Morgan fingerprint density at radius 2 is 1.68 bits per heavy atom. The van der Waals surface area contributed by atoms with Crippen LogP contribution in [0.15, 0.2) is 22.8 Å². The van der Waals surface area contributed by atoms with E-state index in [-0.39, 0.29) is 0 Å². The summed E-state index contributed by atoms with van der Waals surface area (Å²) in [5.41, 5.74) is 1.16. The molecule has 0 aliphatic rings. The maximum atomic E-state index is 10.3. The molecule has 0 aliphatic carbocycles. The summed E-state index contributed by atoms with van der Waals surface area (Å²) in [5.74, 6) is -0.679. The normalized spacial score (nSPS) is 10.6. The van der Waals surface area contributed by atoms with E-state index in [1.807, 2.05) is 12.3 Å². The van der Waals surface area contributed by atoms with Gasteiger partial charge in [-0.3, -0.25) is 9.78 Å². The van der Waals surface area contributed by atoms with Gasteiger partial charge in [0.1, 0.15) is 0 Å². The number of hydrogen-bond donors (Lipinski definition) is 1. The van der Waals surface area contributed by atoms with Gasteiger partial charge in [0.2, 0.25) is 0 Å². The third-order valence-corrected chi connectivity index (χ3v) is 3.58. The second kappa shape index (κ2) is 9.96. The maximum Gasteiger partial charge on any atom is 0.303 e. The van der Waals surface area contributed by atoms with Crippen LogP contribution in [0.25, 0.3) is 0 Å². The van der Waals surface area contributed by atoms with Gasteiger partial charge in [0.25, 0.3) is 0 Å². The molecular formula is C15H22BrNO2. The summed E-state index contributed by atoms with van der Waals surface area (Å²) < 4.78 is 1.03. The highest BCUT2D eigenvalue weighted by molar-refractivity contribution is 9.10. The second-order valence-corrected chi connectivity index (χ2v) is 5.75. The van der Waals surface area contributed by atoms with Gasteiger partial charge in [0, 0.05) is 22.8 Å². The lowest BCUT2D eigenvalue weighted by Crippen LogP contribution is -1.93. The molecule has 1 heterocycles. The van der Waals surface area contributed by atoms with Crippen LogP contribution in [0, 0.1) is 0 Å². The molecule has 1 aromatic rings. The molecule has 1 N–H and O–H groups in total. The fraction of sp³-hybridized carbons (Fsp3) is 0.600. The molecule has 1 rings (SSSR count). The molecule has 19 heavy (non-hydrogen) atoms. The van der Waals surface area contributed by atoms with Crippen LogP contribution >= 0.6 is 15.9 Å². The molecule has 4 heteroatoms. The maximum absolute atomic E-state index is 10.3. The lowest BCUT2D eigenvalue weighted by Gasteiger charge is -2.02. The number of carboxylic acids is 1. The monoisotopic (exact) mass is 327 g/mol. The molecule has 0 aromatic carbocycles. The number of aromatic nitrogens is 1. The van der Waals surface area contributed by atoms with Crippen LogP contribution in [0.4, 0.5) is 0 Å². The van der Waals surface area contributed by atoms with Gasteiger partial charge in [0.15, 0.2) is 0 Å². The molecule has 3 nitrogen and oxygen atoms in total. The van der Waals surface area contributed by atoms with Crippen LogP contribution in [0.3, 0.4) is 0 Å². The third-order valence-electron chi connectivity index (χ3n) is 3.11. The van der Waals surface area contributed by atoms with E-state index in [4.69, 9.17) is 5.11 Å². The predicted octanol–water partition coefficient (Wildman–Crippen LogP) is 4.59.